The van der Waals surface area contributed by atoms with Crippen molar-refractivity contribution in [3.8, 4) is 5.75 Å². The molecule has 2 unspecified atom stereocenters. The van der Waals surface area contributed by atoms with E-state index < -0.39 is 0 Å². The minimum absolute atomic E-state index is 0.0498. The van der Waals surface area contributed by atoms with Crippen LogP contribution in [-0.2, 0) is 4.79 Å². The van der Waals surface area contributed by atoms with E-state index in [1.165, 1.54) is 0 Å². The van der Waals surface area contributed by atoms with Crippen molar-refractivity contribution in [2.75, 3.05) is 6.61 Å². The predicted molar refractivity (Wildman–Crippen MR) is 58.7 cm³/mol. The number of carbonyl (C=O) groups excluding carboxylic acids is 1. The van der Waals surface area contributed by atoms with Gasteiger partial charge in [0, 0.05) is 5.92 Å². The van der Waals surface area contributed by atoms with Gasteiger partial charge in [-0.3, -0.25) is 0 Å². The molecule has 3 nitrogen and oxygen atoms in total. The Balaban J connectivity index is 2.40. The van der Waals surface area contributed by atoms with Crippen LogP contribution in [-0.4, -0.2) is 18.7 Å². The average Bonchev–Trinajstić information content (AvgIpc) is 2.27. The first-order chi connectivity index (χ1) is 7.24. The fraction of sp³-hybridized carbons (Fsp3) is 0.417. The van der Waals surface area contributed by atoms with E-state index >= 15 is 0 Å². The smallest absolute Gasteiger partial charge is 0.235 e. The number of para-hydroxylation sites is 1. The van der Waals surface area contributed by atoms with Gasteiger partial charge in [-0.2, -0.15) is 0 Å². The first-order valence-corrected chi connectivity index (χ1v) is 4.99. The molecule has 1 aromatic carbocycles. The third-order valence-corrected chi connectivity index (χ3v) is 2.34. The molecule has 2 atom stereocenters. The molecule has 15 heavy (non-hydrogen) atoms. The summed E-state index contributed by atoms with van der Waals surface area (Å²) < 4.78 is 5.55. The van der Waals surface area contributed by atoms with Crippen LogP contribution in [0.3, 0.4) is 0 Å². The minimum atomic E-state index is -0.0498. The molecule has 1 rings (SSSR count). The second-order valence-electron chi connectivity index (χ2n) is 3.56. The van der Waals surface area contributed by atoms with Crippen molar-refractivity contribution in [2.45, 2.75) is 19.9 Å². The molecular weight excluding hydrogens is 190 g/mol. The van der Waals surface area contributed by atoms with Crippen molar-refractivity contribution in [3.05, 3.63) is 30.3 Å². The summed E-state index contributed by atoms with van der Waals surface area (Å²) in [7, 11) is 0. The number of hydrogen-bond acceptors (Lipinski definition) is 3. The Morgan fingerprint density at radius 1 is 1.33 bits per heavy atom. The summed E-state index contributed by atoms with van der Waals surface area (Å²) in [4.78, 5) is 13.7. The van der Waals surface area contributed by atoms with Crippen molar-refractivity contribution in [3.63, 3.8) is 0 Å². The SMILES string of the molecule is CC(COc1ccccc1)C(C)N=C=O. The van der Waals surface area contributed by atoms with E-state index in [4.69, 9.17) is 4.74 Å². The van der Waals surface area contributed by atoms with Gasteiger partial charge < -0.3 is 4.74 Å². The van der Waals surface area contributed by atoms with Gasteiger partial charge in [0.25, 0.3) is 0 Å². The van der Waals surface area contributed by atoms with E-state index in [0.29, 0.717) is 6.61 Å². The molecule has 0 fully saturated rings. The second kappa shape index (κ2) is 5.99. The average molecular weight is 205 g/mol. The molecular formula is C12H15NO2. The first kappa shape index (κ1) is 11.5. The third kappa shape index (κ3) is 3.96. The number of rotatable bonds is 5. The summed E-state index contributed by atoms with van der Waals surface area (Å²) in [6.07, 6.45) is 1.57. The van der Waals surface area contributed by atoms with Gasteiger partial charge in [0.15, 0.2) is 0 Å². The summed E-state index contributed by atoms with van der Waals surface area (Å²) in [6.45, 7) is 4.43. The Morgan fingerprint density at radius 3 is 2.60 bits per heavy atom. The molecule has 0 heterocycles. The lowest BCUT2D eigenvalue weighted by Gasteiger charge is -2.15. The normalized spacial score (nSPS) is 13.7. The summed E-state index contributed by atoms with van der Waals surface area (Å²) in [6, 6.07) is 9.54. The van der Waals surface area contributed by atoms with E-state index in [1.807, 2.05) is 44.2 Å². The van der Waals surface area contributed by atoms with Crippen molar-refractivity contribution in [1.82, 2.24) is 0 Å². The van der Waals surface area contributed by atoms with Gasteiger partial charge >= 0.3 is 0 Å². The van der Waals surface area contributed by atoms with Crippen LogP contribution in [0.1, 0.15) is 13.8 Å². The van der Waals surface area contributed by atoms with Gasteiger partial charge in [0.1, 0.15) is 5.75 Å². The van der Waals surface area contributed by atoms with E-state index in [9.17, 15) is 4.79 Å². The van der Waals surface area contributed by atoms with Gasteiger partial charge in [0.05, 0.1) is 12.6 Å². The Morgan fingerprint density at radius 2 is 2.00 bits per heavy atom. The summed E-state index contributed by atoms with van der Waals surface area (Å²) in [5.41, 5.74) is 0. The zero-order valence-corrected chi connectivity index (χ0v) is 9.01. The summed E-state index contributed by atoms with van der Waals surface area (Å²) in [5.74, 6) is 1.04. The van der Waals surface area contributed by atoms with Gasteiger partial charge in [-0.25, -0.2) is 9.79 Å². The lowest BCUT2D eigenvalue weighted by Crippen LogP contribution is -2.19. The lowest BCUT2D eigenvalue weighted by molar-refractivity contribution is 0.243. The lowest BCUT2D eigenvalue weighted by atomic mass is 10.1. The number of benzene rings is 1. The number of isocyanates is 1. The molecule has 0 radical (unpaired) electrons. The standard InChI is InChI=1S/C12H15NO2/c1-10(11(2)13-9-14)8-15-12-6-4-3-5-7-12/h3-7,10-11H,8H2,1-2H3. The van der Waals surface area contributed by atoms with Crippen molar-refractivity contribution in [2.24, 2.45) is 10.9 Å². The second-order valence-corrected chi connectivity index (χ2v) is 3.56. The van der Waals surface area contributed by atoms with Crippen LogP contribution in [0.25, 0.3) is 0 Å². The quantitative estimate of drug-likeness (QED) is 0.547. The van der Waals surface area contributed by atoms with Crippen LogP contribution in [0, 0.1) is 5.92 Å². The molecule has 0 saturated heterocycles. The van der Waals surface area contributed by atoms with Crippen LogP contribution in [0.2, 0.25) is 0 Å². The summed E-state index contributed by atoms with van der Waals surface area (Å²) >= 11 is 0. The van der Waals surface area contributed by atoms with Crippen molar-refractivity contribution in [1.29, 1.82) is 0 Å². The molecule has 0 bridgehead atoms. The molecule has 0 spiro atoms. The summed E-state index contributed by atoms with van der Waals surface area (Å²) in [5, 5.41) is 0. The van der Waals surface area contributed by atoms with E-state index in [2.05, 4.69) is 4.99 Å². The van der Waals surface area contributed by atoms with Gasteiger partial charge in [0.2, 0.25) is 6.08 Å². The van der Waals surface area contributed by atoms with Crippen LogP contribution >= 0.6 is 0 Å². The number of aliphatic imine (C=N–C) groups is 1. The Bertz CT molecular complexity index is 331. The largest absolute Gasteiger partial charge is 0.493 e. The molecule has 80 valence electrons. The zero-order chi connectivity index (χ0) is 11.1. The highest BCUT2D eigenvalue weighted by Gasteiger charge is 2.11. The highest BCUT2D eigenvalue weighted by atomic mass is 16.5. The Hall–Kier alpha value is -1.60. The maximum Gasteiger partial charge on any atom is 0.235 e. The predicted octanol–water partition coefficient (Wildman–Crippen LogP) is 2.43. The number of nitrogens with zero attached hydrogens (tertiary/aromatic N) is 1. The van der Waals surface area contributed by atoms with Crippen molar-refractivity contribution >= 4 is 6.08 Å². The Labute approximate surface area is 89.8 Å². The number of ether oxygens (including phenoxy) is 1. The minimum Gasteiger partial charge on any atom is -0.493 e. The molecule has 1 aromatic rings. The molecule has 0 N–H and O–H groups in total. The van der Waals surface area contributed by atoms with Crippen LogP contribution in [0.5, 0.6) is 5.75 Å². The first-order valence-electron chi connectivity index (χ1n) is 4.99. The highest BCUT2D eigenvalue weighted by molar-refractivity contribution is 5.33. The van der Waals surface area contributed by atoms with Gasteiger partial charge in [-0.05, 0) is 19.1 Å². The fourth-order valence-corrected chi connectivity index (χ4v) is 1.09. The van der Waals surface area contributed by atoms with E-state index in [1.54, 1.807) is 6.08 Å². The molecule has 0 aliphatic carbocycles. The molecule has 0 aliphatic rings. The van der Waals surface area contributed by atoms with Crippen LogP contribution in [0.4, 0.5) is 0 Å². The van der Waals surface area contributed by atoms with Crippen LogP contribution < -0.4 is 4.74 Å². The monoisotopic (exact) mass is 205 g/mol. The van der Waals surface area contributed by atoms with Gasteiger partial charge in [-0.1, -0.05) is 25.1 Å². The van der Waals surface area contributed by atoms with Crippen molar-refractivity contribution < 1.29 is 9.53 Å². The fourth-order valence-electron chi connectivity index (χ4n) is 1.09. The topological polar surface area (TPSA) is 38.7 Å². The van der Waals surface area contributed by atoms with Crippen LogP contribution in [0.15, 0.2) is 35.3 Å². The third-order valence-electron chi connectivity index (χ3n) is 2.34. The molecule has 0 saturated carbocycles. The highest BCUT2D eigenvalue weighted by Crippen LogP contribution is 2.12. The molecule has 3 heteroatoms. The van der Waals surface area contributed by atoms with Gasteiger partial charge in [-0.15, -0.1) is 0 Å². The number of hydrogen-bond donors (Lipinski definition) is 0. The van der Waals surface area contributed by atoms with E-state index in [-0.39, 0.29) is 12.0 Å². The maximum atomic E-state index is 10.1. The van der Waals surface area contributed by atoms with E-state index in [0.717, 1.165) is 5.75 Å². The molecule has 0 aromatic heterocycles. The Kier molecular flexibility index (Phi) is 4.58. The zero-order valence-electron chi connectivity index (χ0n) is 9.01. The molecule has 0 amide bonds. The maximum absolute atomic E-state index is 10.1. The molecule has 0 aliphatic heterocycles.